The number of ether oxygens (including phenoxy) is 1. The fourth-order valence-electron chi connectivity index (χ4n) is 4.57. The maximum Gasteiger partial charge on any atom is 0.348 e. The number of aryl methyl sites for hydroxylation is 1. The minimum absolute atomic E-state index is 0.0118. The van der Waals surface area contributed by atoms with Crippen molar-refractivity contribution in [2.45, 2.75) is 34.1 Å². The lowest BCUT2D eigenvalue weighted by molar-refractivity contribution is -0.114. The molecule has 4 aromatic rings. The molecule has 0 bridgehead atoms. The molecule has 6 nitrogen and oxygen atoms in total. The molecule has 0 atom stereocenters. The summed E-state index contributed by atoms with van der Waals surface area (Å²) in [5.41, 5.74) is 6.63. The van der Waals surface area contributed by atoms with Gasteiger partial charge in [-0.2, -0.15) is 10.5 Å². The first-order valence-corrected chi connectivity index (χ1v) is 13.3. The number of esters is 1. The number of carbonyl (C=O) groups is 2. The number of hydrogen-bond acceptors (Lipinski definition) is 6. The van der Waals surface area contributed by atoms with Crippen LogP contribution in [0.5, 0.6) is 0 Å². The third-order valence-corrected chi connectivity index (χ3v) is 7.81. The lowest BCUT2D eigenvalue weighted by Gasteiger charge is -2.11. The van der Waals surface area contributed by atoms with Gasteiger partial charge in [-0.15, -0.1) is 11.3 Å². The van der Waals surface area contributed by atoms with Crippen LogP contribution < -0.4 is 0 Å². The number of thiophene rings is 1. The number of carbonyl (C=O) groups excluding carboxylic acids is 2. The minimum atomic E-state index is -0.518. The molecule has 0 saturated heterocycles. The first-order chi connectivity index (χ1) is 18.8. The maximum absolute atomic E-state index is 13.2. The van der Waals surface area contributed by atoms with E-state index in [2.05, 4.69) is 47.0 Å². The fourth-order valence-corrected chi connectivity index (χ4v) is 5.72. The molecule has 2 heterocycles. The molecule has 0 spiro atoms. The second-order valence-electron chi connectivity index (χ2n) is 9.03. The summed E-state index contributed by atoms with van der Waals surface area (Å²) < 4.78 is 7.16. The summed E-state index contributed by atoms with van der Waals surface area (Å²) in [5, 5.41) is 19.5. The van der Waals surface area contributed by atoms with Crippen LogP contribution in [0.1, 0.15) is 49.6 Å². The van der Waals surface area contributed by atoms with Gasteiger partial charge < -0.3 is 9.30 Å². The molecular weight excluding hydrogens is 506 g/mol. The normalized spacial score (nSPS) is 11.1. The van der Waals surface area contributed by atoms with Gasteiger partial charge in [-0.05, 0) is 74.2 Å². The van der Waals surface area contributed by atoms with Crippen LogP contribution in [0.25, 0.3) is 22.9 Å². The predicted molar refractivity (Wildman–Crippen MR) is 153 cm³/mol. The van der Waals surface area contributed by atoms with Crippen molar-refractivity contribution in [3.63, 3.8) is 0 Å². The average Bonchev–Trinajstić information content (AvgIpc) is 3.41. The number of ketones is 1. The number of allylic oxidation sites excluding steroid dienone is 1. The Bertz CT molecular complexity index is 1660. The van der Waals surface area contributed by atoms with Crippen LogP contribution in [0.4, 0.5) is 0 Å². The van der Waals surface area contributed by atoms with Gasteiger partial charge in [0.25, 0.3) is 0 Å². The van der Waals surface area contributed by atoms with Gasteiger partial charge in [0, 0.05) is 28.4 Å². The highest BCUT2D eigenvalue weighted by Gasteiger charge is 2.24. The molecule has 39 heavy (non-hydrogen) atoms. The lowest BCUT2D eigenvalue weighted by Crippen LogP contribution is -2.05. The Morgan fingerprint density at radius 1 is 1.00 bits per heavy atom. The first-order valence-electron chi connectivity index (χ1n) is 12.5. The monoisotopic (exact) mass is 533 g/mol. The van der Waals surface area contributed by atoms with Crippen LogP contribution >= 0.6 is 11.3 Å². The van der Waals surface area contributed by atoms with E-state index in [1.165, 1.54) is 0 Å². The smallest absolute Gasteiger partial charge is 0.348 e. The second kappa shape index (κ2) is 11.8. The quantitative estimate of drug-likeness (QED) is 0.139. The van der Waals surface area contributed by atoms with E-state index in [1.807, 2.05) is 44.2 Å². The third kappa shape index (κ3) is 5.60. The molecule has 4 rings (SSSR count). The van der Waals surface area contributed by atoms with E-state index in [-0.39, 0.29) is 24.2 Å². The molecular formula is C32H27N3O3S. The summed E-state index contributed by atoms with van der Waals surface area (Å²) in [6, 6.07) is 24.5. The standard InChI is InChI=1S/C32H27N3O3S/c1-5-38-32(37)31-21(3)28(19-34)30(39-31)17-29(36)26(18-33)16-25-15-20(2)35(22(25)4)27-13-11-24(12-14-27)23-9-7-6-8-10-23/h6-16H,5,17H2,1-4H3/b26-16+. The van der Waals surface area contributed by atoms with Crippen molar-refractivity contribution in [3.8, 4) is 29.0 Å². The summed E-state index contributed by atoms with van der Waals surface area (Å²) in [7, 11) is 0. The molecule has 194 valence electrons. The van der Waals surface area contributed by atoms with E-state index >= 15 is 0 Å². The fraction of sp³-hybridized carbons (Fsp3) is 0.188. The van der Waals surface area contributed by atoms with Crippen molar-refractivity contribution in [2.75, 3.05) is 6.61 Å². The Hall–Kier alpha value is -4.72. The summed E-state index contributed by atoms with van der Waals surface area (Å²) >= 11 is 1.07. The first kappa shape index (κ1) is 27.3. The molecule has 0 amide bonds. The molecule has 0 aliphatic heterocycles. The van der Waals surface area contributed by atoms with Gasteiger partial charge in [-0.25, -0.2) is 4.79 Å². The van der Waals surface area contributed by atoms with E-state index < -0.39 is 11.8 Å². The Morgan fingerprint density at radius 3 is 2.28 bits per heavy atom. The Labute approximate surface area is 232 Å². The molecule has 2 aromatic heterocycles. The van der Waals surface area contributed by atoms with Gasteiger partial charge in [0.2, 0.25) is 0 Å². The molecule has 0 unspecified atom stereocenters. The maximum atomic E-state index is 13.2. The highest BCUT2D eigenvalue weighted by Crippen LogP contribution is 2.30. The lowest BCUT2D eigenvalue weighted by atomic mass is 10.0. The predicted octanol–water partition coefficient (Wildman–Crippen LogP) is 6.90. The third-order valence-electron chi connectivity index (χ3n) is 6.54. The number of rotatable bonds is 8. The van der Waals surface area contributed by atoms with Crippen molar-refractivity contribution < 1.29 is 14.3 Å². The van der Waals surface area contributed by atoms with E-state index in [1.54, 1.807) is 19.9 Å². The van der Waals surface area contributed by atoms with Crippen molar-refractivity contribution in [2.24, 2.45) is 0 Å². The van der Waals surface area contributed by atoms with Gasteiger partial charge in [0.1, 0.15) is 17.0 Å². The molecule has 0 fully saturated rings. The largest absolute Gasteiger partial charge is 0.462 e. The summed E-state index contributed by atoms with van der Waals surface area (Å²) in [5.74, 6) is -0.932. The van der Waals surface area contributed by atoms with Gasteiger partial charge >= 0.3 is 5.97 Å². The topological polar surface area (TPSA) is 95.9 Å². The Morgan fingerprint density at radius 2 is 1.67 bits per heavy atom. The van der Waals surface area contributed by atoms with Crippen LogP contribution in [0, 0.1) is 43.4 Å². The second-order valence-corrected chi connectivity index (χ2v) is 10.1. The van der Waals surface area contributed by atoms with E-state index in [4.69, 9.17) is 4.74 Å². The van der Waals surface area contributed by atoms with Crippen molar-refractivity contribution in [3.05, 3.63) is 104 Å². The zero-order valence-electron chi connectivity index (χ0n) is 22.2. The van der Waals surface area contributed by atoms with Gasteiger partial charge in [0.15, 0.2) is 5.78 Å². The summed E-state index contributed by atoms with van der Waals surface area (Å²) in [6.07, 6.45) is 1.45. The van der Waals surface area contributed by atoms with E-state index in [9.17, 15) is 20.1 Å². The number of nitriles is 2. The number of hydrogen-bond donors (Lipinski definition) is 0. The van der Waals surface area contributed by atoms with Gasteiger partial charge in [-0.1, -0.05) is 42.5 Å². The molecule has 7 heteroatoms. The molecule has 0 N–H and O–H groups in total. The summed E-state index contributed by atoms with van der Waals surface area (Å²) in [4.78, 5) is 26.2. The van der Waals surface area contributed by atoms with Crippen LogP contribution in [0.3, 0.4) is 0 Å². The minimum Gasteiger partial charge on any atom is -0.462 e. The van der Waals surface area contributed by atoms with E-state index in [0.29, 0.717) is 15.3 Å². The van der Waals surface area contributed by atoms with Gasteiger partial charge in [-0.3, -0.25) is 4.79 Å². The number of nitrogens with zero attached hydrogens (tertiary/aromatic N) is 3. The Balaban J connectivity index is 1.62. The van der Waals surface area contributed by atoms with Crippen molar-refractivity contribution in [1.29, 1.82) is 10.5 Å². The van der Waals surface area contributed by atoms with E-state index in [0.717, 1.165) is 45.1 Å². The zero-order chi connectivity index (χ0) is 28.1. The molecule has 0 radical (unpaired) electrons. The Kier molecular flexibility index (Phi) is 8.24. The van der Waals surface area contributed by atoms with Crippen molar-refractivity contribution >= 4 is 29.2 Å². The van der Waals surface area contributed by atoms with Crippen molar-refractivity contribution in [1.82, 2.24) is 4.57 Å². The highest BCUT2D eigenvalue weighted by molar-refractivity contribution is 7.14. The average molecular weight is 534 g/mol. The van der Waals surface area contributed by atoms with Crippen LogP contribution in [-0.4, -0.2) is 22.9 Å². The number of Topliss-reactive ketones (excluding diaryl/α,β-unsaturated/α-hetero) is 1. The molecule has 0 aliphatic rings. The van der Waals surface area contributed by atoms with Crippen LogP contribution in [0.15, 0.2) is 66.2 Å². The highest BCUT2D eigenvalue weighted by atomic mass is 32.1. The van der Waals surface area contributed by atoms with Crippen LogP contribution in [-0.2, 0) is 16.0 Å². The molecule has 0 aliphatic carbocycles. The number of aromatic nitrogens is 1. The summed E-state index contributed by atoms with van der Waals surface area (Å²) in [6.45, 7) is 7.51. The van der Waals surface area contributed by atoms with Gasteiger partial charge in [0.05, 0.1) is 17.7 Å². The van der Waals surface area contributed by atoms with Crippen LogP contribution in [0.2, 0.25) is 0 Å². The SMILES string of the molecule is CCOC(=O)c1sc(CC(=O)/C(C#N)=C/c2cc(C)n(-c3ccc(-c4ccccc4)cc3)c2C)c(C#N)c1C. The zero-order valence-corrected chi connectivity index (χ0v) is 23.1. The molecule has 2 aromatic carbocycles. The number of benzene rings is 2. The molecule has 0 saturated carbocycles.